The lowest BCUT2D eigenvalue weighted by molar-refractivity contribution is -0.153. The second-order valence-corrected chi connectivity index (χ2v) is 5.00. The average Bonchev–Trinajstić information content (AvgIpc) is 2.76. The van der Waals surface area contributed by atoms with Crippen LogP contribution in [0.15, 0.2) is 24.3 Å². The van der Waals surface area contributed by atoms with Crippen LogP contribution in [0.5, 0.6) is 0 Å². The van der Waals surface area contributed by atoms with Crippen LogP contribution in [0.25, 0.3) is 0 Å². The lowest BCUT2D eigenvalue weighted by Crippen LogP contribution is -2.49. The molecule has 3 rings (SSSR count). The Kier molecular flexibility index (Phi) is 2.96. The Hall–Kier alpha value is -2.31. The van der Waals surface area contributed by atoms with Gasteiger partial charge in [0, 0.05) is 6.42 Å². The summed E-state index contributed by atoms with van der Waals surface area (Å²) in [5.74, 6) is -0.813. The molecule has 0 bridgehead atoms. The quantitative estimate of drug-likeness (QED) is 0.912. The lowest BCUT2D eigenvalue weighted by atomic mass is 9.77. The Bertz CT molecular complexity index is 651. The van der Waals surface area contributed by atoms with Gasteiger partial charge in [0.1, 0.15) is 5.82 Å². The highest BCUT2D eigenvalue weighted by molar-refractivity contribution is 5.77. The van der Waals surface area contributed by atoms with E-state index in [2.05, 4.69) is 15.5 Å². The van der Waals surface area contributed by atoms with E-state index in [1.54, 1.807) is 12.1 Å². The molecule has 0 amide bonds. The number of aliphatic carboxylic acids is 1. The Morgan fingerprint density at radius 2 is 2.25 bits per heavy atom. The van der Waals surface area contributed by atoms with Crippen molar-refractivity contribution in [3.63, 3.8) is 0 Å². The van der Waals surface area contributed by atoms with E-state index >= 15 is 0 Å². The fourth-order valence-electron chi connectivity index (χ4n) is 2.51. The first kappa shape index (κ1) is 12.7. The first-order valence-corrected chi connectivity index (χ1v) is 6.37. The summed E-state index contributed by atoms with van der Waals surface area (Å²) in [6, 6.07) is 6.12. The fourth-order valence-corrected chi connectivity index (χ4v) is 2.51. The summed E-state index contributed by atoms with van der Waals surface area (Å²) in [5.41, 5.74) is -0.326. The molecule has 104 valence electrons. The number of hydrogen-bond acceptors (Lipinski definition) is 4. The van der Waals surface area contributed by atoms with E-state index in [1.807, 2.05) is 0 Å². The molecule has 1 saturated carbocycles. The minimum atomic E-state index is -1.04. The Labute approximate surface area is 114 Å². The number of aromatic nitrogens is 4. The van der Waals surface area contributed by atoms with Crippen molar-refractivity contribution in [2.45, 2.75) is 31.2 Å². The number of carboxylic acids is 1. The second-order valence-electron chi connectivity index (χ2n) is 5.00. The summed E-state index contributed by atoms with van der Waals surface area (Å²) in [7, 11) is 0. The van der Waals surface area contributed by atoms with E-state index in [0.29, 0.717) is 30.7 Å². The molecule has 1 aliphatic carbocycles. The van der Waals surface area contributed by atoms with Gasteiger partial charge in [-0.05, 0) is 47.4 Å². The van der Waals surface area contributed by atoms with Gasteiger partial charge >= 0.3 is 5.97 Å². The maximum atomic E-state index is 13.2. The van der Waals surface area contributed by atoms with Crippen LogP contribution in [0.3, 0.4) is 0 Å². The minimum Gasteiger partial charge on any atom is -0.479 e. The molecule has 0 saturated heterocycles. The first-order chi connectivity index (χ1) is 9.62. The van der Waals surface area contributed by atoms with Crippen LogP contribution in [0.4, 0.5) is 4.39 Å². The summed E-state index contributed by atoms with van der Waals surface area (Å²) in [5, 5.41) is 20.7. The molecular weight excluding hydrogens is 263 g/mol. The van der Waals surface area contributed by atoms with Crippen LogP contribution in [0.1, 0.15) is 30.7 Å². The number of nitrogens with zero attached hydrogens (tertiary/aromatic N) is 4. The van der Waals surface area contributed by atoms with Crippen LogP contribution < -0.4 is 0 Å². The van der Waals surface area contributed by atoms with Gasteiger partial charge < -0.3 is 5.11 Å². The Balaban J connectivity index is 1.93. The SMILES string of the molecule is O=C(O)C1(n2nnnc2Cc2cccc(F)c2)CCC1. The van der Waals surface area contributed by atoms with Crippen molar-refractivity contribution >= 4 is 5.97 Å². The Morgan fingerprint density at radius 1 is 1.45 bits per heavy atom. The molecule has 1 fully saturated rings. The highest BCUT2D eigenvalue weighted by Gasteiger charge is 2.48. The lowest BCUT2D eigenvalue weighted by Gasteiger charge is -2.37. The molecule has 0 unspecified atom stereocenters. The zero-order chi connectivity index (χ0) is 14.2. The van der Waals surface area contributed by atoms with Crippen molar-refractivity contribution in [1.82, 2.24) is 20.2 Å². The van der Waals surface area contributed by atoms with Crippen molar-refractivity contribution in [1.29, 1.82) is 0 Å². The molecule has 0 aliphatic heterocycles. The zero-order valence-electron chi connectivity index (χ0n) is 10.7. The van der Waals surface area contributed by atoms with E-state index in [-0.39, 0.29) is 5.82 Å². The maximum absolute atomic E-state index is 13.2. The molecule has 1 aliphatic rings. The molecule has 1 aromatic heterocycles. The van der Waals surface area contributed by atoms with Gasteiger partial charge in [0.2, 0.25) is 0 Å². The number of halogens is 1. The molecule has 0 radical (unpaired) electrons. The van der Waals surface area contributed by atoms with Gasteiger partial charge in [0.25, 0.3) is 0 Å². The predicted octanol–water partition coefficient (Wildman–Crippen LogP) is 1.37. The van der Waals surface area contributed by atoms with Crippen LogP contribution in [0.2, 0.25) is 0 Å². The Morgan fingerprint density at radius 3 is 2.85 bits per heavy atom. The summed E-state index contributed by atoms with van der Waals surface area (Å²) >= 11 is 0. The van der Waals surface area contributed by atoms with Crippen molar-refractivity contribution in [2.24, 2.45) is 0 Å². The summed E-state index contributed by atoms with van der Waals surface area (Å²) in [4.78, 5) is 11.5. The van der Waals surface area contributed by atoms with Crippen LogP contribution in [-0.2, 0) is 16.8 Å². The maximum Gasteiger partial charge on any atom is 0.331 e. The number of rotatable bonds is 4. The molecule has 1 N–H and O–H groups in total. The monoisotopic (exact) mass is 276 g/mol. The molecule has 20 heavy (non-hydrogen) atoms. The third-order valence-corrected chi connectivity index (χ3v) is 3.77. The van der Waals surface area contributed by atoms with E-state index in [1.165, 1.54) is 16.8 Å². The van der Waals surface area contributed by atoms with Crippen molar-refractivity contribution < 1.29 is 14.3 Å². The van der Waals surface area contributed by atoms with E-state index in [9.17, 15) is 14.3 Å². The first-order valence-electron chi connectivity index (χ1n) is 6.37. The molecule has 1 heterocycles. The number of carbonyl (C=O) groups is 1. The second kappa shape index (κ2) is 4.66. The van der Waals surface area contributed by atoms with E-state index in [0.717, 1.165) is 6.42 Å². The molecule has 7 heteroatoms. The highest BCUT2D eigenvalue weighted by atomic mass is 19.1. The number of hydrogen-bond donors (Lipinski definition) is 1. The topological polar surface area (TPSA) is 80.9 Å². The van der Waals surface area contributed by atoms with Crippen LogP contribution in [0, 0.1) is 5.82 Å². The van der Waals surface area contributed by atoms with E-state index < -0.39 is 11.5 Å². The van der Waals surface area contributed by atoms with Gasteiger partial charge in [-0.25, -0.2) is 13.9 Å². The summed E-state index contributed by atoms with van der Waals surface area (Å²) in [6.45, 7) is 0. The molecule has 0 spiro atoms. The van der Waals surface area contributed by atoms with Gasteiger partial charge in [0.15, 0.2) is 11.4 Å². The van der Waals surface area contributed by atoms with Gasteiger partial charge in [-0.2, -0.15) is 0 Å². The predicted molar refractivity (Wildman–Crippen MR) is 66.5 cm³/mol. The zero-order valence-corrected chi connectivity index (χ0v) is 10.7. The van der Waals surface area contributed by atoms with Crippen molar-refractivity contribution in [3.05, 3.63) is 41.5 Å². The average molecular weight is 276 g/mol. The van der Waals surface area contributed by atoms with Gasteiger partial charge in [-0.3, -0.25) is 0 Å². The van der Waals surface area contributed by atoms with Crippen LogP contribution >= 0.6 is 0 Å². The minimum absolute atomic E-state index is 0.305. The van der Waals surface area contributed by atoms with E-state index in [4.69, 9.17) is 0 Å². The molecule has 0 atom stereocenters. The molecular formula is C13H13FN4O2. The highest BCUT2D eigenvalue weighted by Crippen LogP contribution is 2.39. The van der Waals surface area contributed by atoms with Gasteiger partial charge in [-0.1, -0.05) is 12.1 Å². The molecule has 6 nitrogen and oxygen atoms in total. The van der Waals surface area contributed by atoms with Crippen molar-refractivity contribution in [2.75, 3.05) is 0 Å². The normalized spacial score (nSPS) is 16.6. The summed E-state index contributed by atoms with van der Waals surface area (Å²) in [6.07, 6.45) is 2.18. The summed E-state index contributed by atoms with van der Waals surface area (Å²) < 4.78 is 14.6. The fraction of sp³-hybridized carbons (Fsp3) is 0.385. The third-order valence-electron chi connectivity index (χ3n) is 3.77. The number of carboxylic acid groups (broad SMARTS) is 1. The smallest absolute Gasteiger partial charge is 0.331 e. The standard InChI is InChI=1S/C13H13FN4O2/c14-10-4-1-3-9(7-10)8-11-15-16-17-18(11)13(12(19)20)5-2-6-13/h1,3-4,7H,2,5-6,8H2,(H,19,20). The number of benzene rings is 1. The third kappa shape index (κ3) is 1.95. The largest absolute Gasteiger partial charge is 0.479 e. The van der Waals surface area contributed by atoms with Crippen LogP contribution in [-0.4, -0.2) is 31.3 Å². The van der Waals surface area contributed by atoms with Crippen molar-refractivity contribution in [3.8, 4) is 0 Å². The van der Waals surface area contributed by atoms with Gasteiger partial charge in [0.05, 0.1) is 0 Å². The molecule has 2 aromatic rings. The van der Waals surface area contributed by atoms with Gasteiger partial charge in [-0.15, -0.1) is 5.10 Å². The molecule has 1 aromatic carbocycles. The number of tetrazole rings is 1.